The van der Waals surface area contributed by atoms with E-state index in [0.717, 1.165) is 6.08 Å². The number of benzene rings is 3. The summed E-state index contributed by atoms with van der Waals surface area (Å²) < 4.78 is 48.2. The fourth-order valence-electron chi connectivity index (χ4n) is 3.38. The summed E-state index contributed by atoms with van der Waals surface area (Å²) in [6.45, 7) is 0. The molecule has 0 radical (unpaired) electrons. The van der Waals surface area contributed by atoms with Crippen LogP contribution in [0.2, 0.25) is 0 Å². The summed E-state index contributed by atoms with van der Waals surface area (Å²) >= 11 is 0. The van der Waals surface area contributed by atoms with Crippen LogP contribution in [0.15, 0.2) is 91.0 Å². The summed E-state index contributed by atoms with van der Waals surface area (Å²) in [5.41, 5.74) is -1.16. The van der Waals surface area contributed by atoms with E-state index < -0.39 is 17.3 Å². The largest absolute Gasteiger partial charge is 0.497 e. The summed E-state index contributed by atoms with van der Waals surface area (Å²) in [5, 5.41) is 1.33. The monoisotopic (exact) mass is 451 g/mol. The fourth-order valence-corrected chi connectivity index (χ4v) is 3.38. The van der Waals surface area contributed by atoms with Crippen LogP contribution >= 0.6 is 0 Å². The lowest BCUT2D eigenvalue weighted by Crippen LogP contribution is -2.41. The SMILES string of the molecule is COc1ccc(/C(=C\C(C#Cc2ccccc2)(c2ccccc2)N(C)OC)C(F)(F)F)cc1. The molecule has 0 saturated heterocycles. The van der Waals surface area contributed by atoms with Gasteiger partial charge < -0.3 is 9.57 Å². The van der Waals surface area contributed by atoms with Crippen LogP contribution in [0.3, 0.4) is 0 Å². The van der Waals surface area contributed by atoms with Gasteiger partial charge in [-0.25, -0.2) is 0 Å². The highest BCUT2D eigenvalue weighted by molar-refractivity contribution is 5.72. The van der Waals surface area contributed by atoms with Crippen molar-refractivity contribution in [3.05, 3.63) is 108 Å². The Morgan fingerprint density at radius 3 is 1.94 bits per heavy atom. The van der Waals surface area contributed by atoms with Crippen molar-refractivity contribution >= 4 is 5.57 Å². The molecule has 1 atom stereocenters. The smallest absolute Gasteiger partial charge is 0.416 e. The second-order valence-electron chi connectivity index (χ2n) is 7.21. The predicted octanol–water partition coefficient (Wildman–Crippen LogP) is 6.08. The molecular formula is C27H24F3NO2. The minimum absolute atomic E-state index is 0.00498. The van der Waals surface area contributed by atoms with Gasteiger partial charge in [-0.15, -0.1) is 0 Å². The molecule has 3 nitrogen and oxygen atoms in total. The molecule has 0 saturated carbocycles. The number of hydroxylamine groups is 2. The Kier molecular flexibility index (Phi) is 7.59. The van der Waals surface area contributed by atoms with Crippen molar-refractivity contribution in [2.45, 2.75) is 11.7 Å². The number of ether oxygens (including phenoxy) is 1. The van der Waals surface area contributed by atoms with Crippen molar-refractivity contribution in [3.8, 4) is 17.6 Å². The molecule has 0 aliphatic carbocycles. The van der Waals surface area contributed by atoms with E-state index in [0.29, 0.717) is 16.9 Å². The topological polar surface area (TPSA) is 21.7 Å². The molecule has 0 fully saturated rings. The van der Waals surface area contributed by atoms with Crippen molar-refractivity contribution in [1.29, 1.82) is 0 Å². The summed E-state index contributed by atoms with van der Waals surface area (Å²) in [6, 6.07) is 23.6. The summed E-state index contributed by atoms with van der Waals surface area (Å²) in [6.07, 6.45) is -3.53. The molecule has 0 heterocycles. The number of alkyl halides is 3. The Hall–Kier alpha value is -3.53. The quantitative estimate of drug-likeness (QED) is 0.335. The van der Waals surface area contributed by atoms with Crippen molar-refractivity contribution < 1.29 is 22.7 Å². The van der Waals surface area contributed by atoms with Gasteiger partial charge in [-0.2, -0.15) is 18.2 Å². The van der Waals surface area contributed by atoms with E-state index in [1.54, 1.807) is 49.5 Å². The number of hydrogen-bond acceptors (Lipinski definition) is 3. The maximum absolute atomic E-state index is 14.4. The van der Waals surface area contributed by atoms with Gasteiger partial charge in [-0.1, -0.05) is 72.5 Å². The highest BCUT2D eigenvalue weighted by Crippen LogP contribution is 2.40. The molecule has 0 aliphatic rings. The molecule has 3 aromatic carbocycles. The number of nitrogens with zero attached hydrogens (tertiary/aromatic N) is 1. The molecule has 1 unspecified atom stereocenters. The van der Waals surface area contributed by atoms with Crippen LogP contribution in [-0.4, -0.2) is 32.5 Å². The predicted molar refractivity (Wildman–Crippen MR) is 123 cm³/mol. The Morgan fingerprint density at radius 1 is 0.848 bits per heavy atom. The van der Waals surface area contributed by atoms with Gasteiger partial charge in [0.15, 0.2) is 5.54 Å². The zero-order valence-electron chi connectivity index (χ0n) is 18.6. The molecule has 0 N–H and O–H groups in total. The van der Waals surface area contributed by atoms with Gasteiger partial charge in [0.05, 0.1) is 19.8 Å². The lowest BCUT2D eigenvalue weighted by atomic mass is 9.86. The van der Waals surface area contributed by atoms with Crippen LogP contribution in [0.1, 0.15) is 16.7 Å². The second kappa shape index (κ2) is 10.4. The molecule has 0 spiro atoms. The van der Waals surface area contributed by atoms with E-state index in [9.17, 15) is 13.2 Å². The highest BCUT2D eigenvalue weighted by Gasteiger charge is 2.41. The Bertz CT molecular complexity index is 1130. The first kappa shape index (κ1) is 24.1. The van der Waals surface area contributed by atoms with Crippen LogP contribution in [0.5, 0.6) is 5.75 Å². The Balaban J connectivity index is 2.31. The minimum Gasteiger partial charge on any atom is -0.497 e. The summed E-state index contributed by atoms with van der Waals surface area (Å²) in [5.74, 6) is 6.55. The molecule has 170 valence electrons. The van der Waals surface area contributed by atoms with Gasteiger partial charge in [0.2, 0.25) is 0 Å². The summed E-state index contributed by atoms with van der Waals surface area (Å²) in [4.78, 5) is 5.44. The van der Waals surface area contributed by atoms with Gasteiger partial charge in [0.25, 0.3) is 0 Å². The fraction of sp³-hybridized carbons (Fsp3) is 0.185. The van der Waals surface area contributed by atoms with Gasteiger partial charge >= 0.3 is 6.18 Å². The van der Waals surface area contributed by atoms with Crippen LogP contribution in [-0.2, 0) is 10.4 Å². The molecule has 3 rings (SSSR count). The van der Waals surface area contributed by atoms with E-state index in [1.165, 1.54) is 43.5 Å². The minimum atomic E-state index is -4.64. The maximum Gasteiger partial charge on any atom is 0.416 e. The summed E-state index contributed by atoms with van der Waals surface area (Å²) in [7, 11) is 4.42. The standard InChI is InChI=1S/C27H24F3NO2/c1-31(33-3)26(23-12-8-5-9-13-23,19-18-21-10-6-4-7-11-21)20-25(27(28,29)30)22-14-16-24(32-2)17-15-22/h4-17,20H,1-3H3/b25-20+. The zero-order chi connectivity index (χ0) is 23.9. The molecule has 33 heavy (non-hydrogen) atoms. The van der Waals surface area contributed by atoms with E-state index >= 15 is 0 Å². The first-order chi connectivity index (χ1) is 15.8. The first-order valence-electron chi connectivity index (χ1n) is 10.2. The van der Waals surface area contributed by atoms with Gasteiger partial charge in [0.1, 0.15) is 5.75 Å². The van der Waals surface area contributed by atoms with E-state index in [4.69, 9.17) is 9.57 Å². The molecule has 0 amide bonds. The van der Waals surface area contributed by atoms with Gasteiger partial charge in [-0.3, -0.25) is 0 Å². The van der Waals surface area contributed by atoms with E-state index in [2.05, 4.69) is 11.8 Å². The Morgan fingerprint density at radius 2 is 1.42 bits per heavy atom. The second-order valence-corrected chi connectivity index (χ2v) is 7.21. The molecular weight excluding hydrogens is 427 g/mol. The van der Waals surface area contributed by atoms with Crippen LogP contribution in [0.4, 0.5) is 13.2 Å². The highest BCUT2D eigenvalue weighted by atomic mass is 19.4. The molecule has 0 bridgehead atoms. The van der Waals surface area contributed by atoms with Crippen LogP contribution < -0.4 is 4.74 Å². The molecule has 3 aromatic rings. The number of hydrogen-bond donors (Lipinski definition) is 0. The van der Waals surface area contributed by atoms with Crippen molar-refractivity contribution in [2.75, 3.05) is 21.3 Å². The molecule has 0 aromatic heterocycles. The van der Waals surface area contributed by atoms with E-state index in [-0.39, 0.29) is 5.56 Å². The normalized spacial score (nSPS) is 13.7. The number of likely N-dealkylation sites (N-methyl/N-ethyl adjacent to an activating group) is 1. The molecule has 6 heteroatoms. The Labute approximate surface area is 192 Å². The number of allylic oxidation sites excluding steroid dienone is 1. The average molecular weight is 451 g/mol. The average Bonchev–Trinajstić information content (AvgIpc) is 2.84. The third kappa shape index (κ3) is 5.64. The lowest BCUT2D eigenvalue weighted by Gasteiger charge is -2.35. The van der Waals surface area contributed by atoms with Gasteiger partial charge in [0, 0.05) is 12.6 Å². The van der Waals surface area contributed by atoms with E-state index in [1.807, 2.05) is 18.2 Å². The third-order valence-electron chi connectivity index (χ3n) is 5.22. The van der Waals surface area contributed by atoms with Crippen molar-refractivity contribution in [3.63, 3.8) is 0 Å². The van der Waals surface area contributed by atoms with Crippen molar-refractivity contribution in [2.24, 2.45) is 0 Å². The number of methoxy groups -OCH3 is 1. The van der Waals surface area contributed by atoms with Crippen molar-refractivity contribution in [1.82, 2.24) is 5.06 Å². The molecule has 0 aliphatic heterocycles. The lowest BCUT2D eigenvalue weighted by molar-refractivity contribution is -0.153. The number of rotatable bonds is 6. The van der Waals surface area contributed by atoms with Gasteiger partial charge in [-0.05, 0) is 41.5 Å². The number of halogens is 3. The van der Waals surface area contributed by atoms with Crippen LogP contribution in [0.25, 0.3) is 5.57 Å². The third-order valence-corrected chi connectivity index (χ3v) is 5.22. The van der Waals surface area contributed by atoms with Crippen LogP contribution in [0, 0.1) is 11.8 Å². The maximum atomic E-state index is 14.4. The zero-order valence-corrected chi connectivity index (χ0v) is 18.6. The first-order valence-corrected chi connectivity index (χ1v) is 10.2.